The maximum atomic E-state index is 12.4. The van der Waals surface area contributed by atoms with Crippen LogP contribution in [-0.2, 0) is 11.3 Å². The second kappa shape index (κ2) is 7.21. The number of ether oxygens (including phenoxy) is 1. The summed E-state index contributed by atoms with van der Waals surface area (Å²) in [6, 6.07) is 16.5. The average molecular weight is 337 g/mol. The summed E-state index contributed by atoms with van der Waals surface area (Å²) in [4.78, 5) is 17.3. The van der Waals surface area contributed by atoms with Gasteiger partial charge in [-0.2, -0.15) is 10.3 Å². The number of methoxy groups -OCH3 is 1. The number of nitrogens with zero attached hydrogens (tertiary/aromatic N) is 3. The number of fused-ring (bicyclic) bond motifs is 1. The highest BCUT2D eigenvalue weighted by Gasteiger charge is 2.09. The van der Waals surface area contributed by atoms with Crippen molar-refractivity contribution in [1.29, 1.82) is 5.26 Å². The minimum atomic E-state index is -0.322. The normalized spacial score (nSPS) is 11.6. The molecule has 0 saturated carbocycles. The maximum absolute atomic E-state index is 12.4. The predicted molar refractivity (Wildman–Crippen MR) is 92.7 cm³/mol. The molecule has 24 heavy (non-hydrogen) atoms. The fourth-order valence-corrected chi connectivity index (χ4v) is 3.40. The van der Waals surface area contributed by atoms with Gasteiger partial charge in [0, 0.05) is 19.2 Å². The van der Waals surface area contributed by atoms with Crippen LogP contribution in [-0.4, -0.2) is 24.2 Å². The predicted octanol–water partition coefficient (Wildman–Crippen LogP) is 2.96. The van der Waals surface area contributed by atoms with E-state index in [1.165, 1.54) is 11.3 Å². The van der Waals surface area contributed by atoms with Gasteiger partial charge in [-0.05, 0) is 36.4 Å². The molecule has 1 aromatic heterocycles. The first-order valence-corrected chi connectivity index (χ1v) is 8.21. The standard InChI is InChI=1S/C18H15N3O2S/c1-23-11-10-21-15-4-2-3-5-16(15)24-18(21)20-17(22)14-8-6-13(12-19)7-9-14/h2-9H,10-11H2,1H3. The van der Waals surface area contributed by atoms with Crippen LogP contribution in [0.2, 0.25) is 0 Å². The van der Waals surface area contributed by atoms with E-state index < -0.39 is 0 Å². The number of thiazole rings is 1. The van der Waals surface area contributed by atoms with Crippen molar-refractivity contribution >= 4 is 27.5 Å². The molecule has 0 aliphatic rings. The maximum Gasteiger partial charge on any atom is 0.279 e. The van der Waals surface area contributed by atoms with Gasteiger partial charge in [-0.3, -0.25) is 4.79 Å². The van der Waals surface area contributed by atoms with Crippen molar-refractivity contribution in [2.45, 2.75) is 6.54 Å². The van der Waals surface area contributed by atoms with E-state index in [9.17, 15) is 4.79 Å². The van der Waals surface area contributed by atoms with Gasteiger partial charge >= 0.3 is 0 Å². The van der Waals surface area contributed by atoms with E-state index in [1.807, 2.05) is 34.9 Å². The molecule has 0 bridgehead atoms. The Hall–Kier alpha value is -2.75. The topological polar surface area (TPSA) is 67.4 Å². The van der Waals surface area contributed by atoms with Crippen molar-refractivity contribution < 1.29 is 9.53 Å². The number of amides is 1. The molecule has 0 aliphatic heterocycles. The van der Waals surface area contributed by atoms with E-state index >= 15 is 0 Å². The molecule has 0 atom stereocenters. The lowest BCUT2D eigenvalue weighted by molar-refractivity contribution is 0.0997. The van der Waals surface area contributed by atoms with Crippen LogP contribution in [0.4, 0.5) is 0 Å². The van der Waals surface area contributed by atoms with E-state index in [0.29, 0.717) is 29.1 Å². The zero-order chi connectivity index (χ0) is 16.9. The first kappa shape index (κ1) is 16.1. The van der Waals surface area contributed by atoms with E-state index in [2.05, 4.69) is 4.99 Å². The second-order valence-electron chi connectivity index (χ2n) is 5.10. The number of aromatic nitrogens is 1. The largest absolute Gasteiger partial charge is 0.383 e. The molecule has 0 radical (unpaired) electrons. The summed E-state index contributed by atoms with van der Waals surface area (Å²) < 4.78 is 8.22. The number of para-hydroxylation sites is 1. The molecule has 0 spiro atoms. The van der Waals surface area contributed by atoms with Crippen molar-refractivity contribution in [3.8, 4) is 6.07 Å². The van der Waals surface area contributed by atoms with Crippen LogP contribution < -0.4 is 4.80 Å². The molecular weight excluding hydrogens is 322 g/mol. The molecule has 5 nitrogen and oxygen atoms in total. The Labute approximate surface area is 143 Å². The van der Waals surface area contributed by atoms with Crippen LogP contribution in [0.5, 0.6) is 0 Å². The summed E-state index contributed by atoms with van der Waals surface area (Å²) in [6.45, 7) is 1.17. The molecule has 0 saturated heterocycles. The fraction of sp³-hybridized carbons (Fsp3) is 0.167. The number of hydrogen-bond donors (Lipinski definition) is 0. The molecule has 1 heterocycles. The second-order valence-corrected chi connectivity index (χ2v) is 6.11. The van der Waals surface area contributed by atoms with Gasteiger partial charge in [0.15, 0.2) is 4.80 Å². The molecule has 120 valence electrons. The molecule has 0 aliphatic carbocycles. The number of rotatable bonds is 4. The van der Waals surface area contributed by atoms with E-state index in [-0.39, 0.29) is 5.91 Å². The van der Waals surface area contributed by atoms with Gasteiger partial charge in [-0.1, -0.05) is 23.5 Å². The summed E-state index contributed by atoms with van der Waals surface area (Å²) >= 11 is 1.47. The third-order valence-electron chi connectivity index (χ3n) is 3.57. The van der Waals surface area contributed by atoms with E-state index in [0.717, 1.165) is 10.2 Å². The zero-order valence-corrected chi connectivity index (χ0v) is 13.9. The van der Waals surface area contributed by atoms with Crippen LogP contribution >= 0.6 is 11.3 Å². The molecular formula is C18H15N3O2S. The molecule has 1 amide bonds. The van der Waals surface area contributed by atoms with Crippen molar-refractivity contribution in [3.63, 3.8) is 0 Å². The first-order valence-electron chi connectivity index (χ1n) is 7.39. The summed E-state index contributed by atoms with van der Waals surface area (Å²) in [5.74, 6) is -0.322. The first-order chi connectivity index (χ1) is 11.7. The van der Waals surface area contributed by atoms with Gasteiger partial charge in [0.05, 0.1) is 28.5 Å². The van der Waals surface area contributed by atoms with Crippen molar-refractivity contribution in [2.24, 2.45) is 4.99 Å². The lowest BCUT2D eigenvalue weighted by Gasteiger charge is -2.03. The van der Waals surface area contributed by atoms with Gasteiger partial charge in [-0.25, -0.2) is 0 Å². The summed E-state index contributed by atoms with van der Waals surface area (Å²) in [5, 5.41) is 8.83. The number of benzene rings is 2. The molecule has 0 N–H and O–H groups in total. The lowest BCUT2D eigenvalue weighted by Crippen LogP contribution is -2.19. The summed E-state index contributed by atoms with van der Waals surface area (Å²) in [7, 11) is 1.65. The Balaban J connectivity index is 2.04. The number of nitriles is 1. The Morgan fingerprint density at radius 3 is 2.71 bits per heavy atom. The smallest absolute Gasteiger partial charge is 0.279 e. The number of carbonyl (C=O) groups is 1. The highest BCUT2D eigenvalue weighted by molar-refractivity contribution is 7.16. The minimum Gasteiger partial charge on any atom is -0.383 e. The van der Waals surface area contributed by atoms with Crippen molar-refractivity contribution in [2.75, 3.05) is 13.7 Å². The summed E-state index contributed by atoms with van der Waals surface area (Å²) in [6.07, 6.45) is 0. The monoisotopic (exact) mass is 337 g/mol. The SMILES string of the molecule is COCCn1c(=NC(=O)c2ccc(C#N)cc2)sc2ccccc21. The van der Waals surface area contributed by atoms with Crippen LogP contribution in [0.25, 0.3) is 10.2 Å². The Morgan fingerprint density at radius 1 is 1.25 bits per heavy atom. The van der Waals surface area contributed by atoms with Gasteiger partial charge in [-0.15, -0.1) is 0 Å². The molecule has 3 rings (SSSR count). The lowest BCUT2D eigenvalue weighted by atomic mass is 10.1. The van der Waals surface area contributed by atoms with Gasteiger partial charge in [0.25, 0.3) is 5.91 Å². The van der Waals surface area contributed by atoms with Crippen LogP contribution in [0, 0.1) is 11.3 Å². The Morgan fingerprint density at radius 2 is 2.00 bits per heavy atom. The Bertz CT molecular complexity index is 978. The minimum absolute atomic E-state index is 0.322. The zero-order valence-electron chi connectivity index (χ0n) is 13.1. The van der Waals surface area contributed by atoms with Crippen molar-refractivity contribution in [1.82, 2.24) is 4.57 Å². The van der Waals surface area contributed by atoms with Gasteiger partial charge in [0.2, 0.25) is 0 Å². The van der Waals surface area contributed by atoms with Gasteiger partial charge in [0.1, 0.15) is 0 Å². The van der Waals surface area contributed by atoms with Gasteiger partial charge < -0.3 is 9.30 Å². The number of carbonyl (C=O) groups excluding carboxylic acids is 1. The van der Waals surface area contributed by atoms with E-state index in [4.69, 9.17) is 10.00 Å². The molecule has 0 fully saturated rings. The van der Waals surface area contributed by atoms with E-state index in [1.54, 1.807) is 31.4 Å². The third kappa shape index (κ3) is 3.27. The molecule has 6 heteroatoms. The Kier molecular flexibility index (Phi) is 4.85. The highest BCUT2D eigenvalue weighted by Crippen LogP contribution is 2.16. The summed E-state index contributed by atoms with van der Waals surface area (Å²) in [5.41, 5.74) is 2.01. The average Bonchev–Trinajstić information content (AvgIpc) is 2.97. The number of hydrogen-bond acceptors (Lipinski definition) is 4. The molecule has 2 aromatic carbocycles. The molecule has 3 aromatic rings. The third-order valence-corrected chi connectivity index (χ3v) is 4.62. The highest BCUT2D eigenvalue weighted by atomic mass is 32.1. The quantitative estimate of drug-likeness (QED) is 0.735. The fourth-order valence-electron chi connectivity index (χ4n) is 2.34. The van der Waals surface area contributed by atoms with Crippen LogP contribution in [0.15, 0.2) is 53.5 Å². The van der Waals surface area contributed by atoms with Crippen molar-refractivity contribution in [3.05, 3.63) is 64.5 Å². The van der Waals surface area contributed by atoms with Crippen LogP contribution in [0.1, 0.15) is 15.9 Å². The van der Waals surface area contributed by atoms with Crippen LogP contribution in [0.3, 0.4) is 0 Å². The molecule has 0 unspecified atom stereocenters.